The summed E-state index contributed by atoms with van der Waals surface area (Å²) in [5.41, 5.74) is 0.552. The molecule has 2 fully saturated rings. The molecular formula is C16H23N3O. The van der Waals surface area contributed by atoms with E-state index in [4.69, 9.17) is 0 Å². The van der Waals surface area contributed by atoms with Crippen molar-refractivity contribution in [3.63, 3.8) is 0 Å². The summed E-state index contributed by atoms with van der Waals surface area (Å²) >= 11 is 0. The van der Waals surface area contributed by atoms with Crippen molar-refractivity contribution in [3.05, 3.63) is 23.8 Å². The second-order valence-corrected chi connectivity index (χ2v) is 6.27. The zero-order valence-corrected chi connectivity index (χ0v) is 12.4. The number of rotatable bonds is 1. The molecule has 1 aliphatic carbocycles. The van der Waals surface area contributed by atoms with Gasteiger partial charge in [0, 0.05) is 18.8 Å². The summed E-state index contributed by atoms with van der Waals surface area (Å²) in [6.07, 6.45) is 7.81. The Morgan fingerprint density at radius 3 is 2.90 bits per heavy atom. The first-order valence-corrected chi connectivity index (χ1v) is 7.77. The van der Waals surface area contributed by atoms with E-state index in [2.05, 4.69) is 21.8 Å². The summed E-state index contributed by atoms with van der Waals surface area (Å²) in [6.45, 7) is 5.06. The third-order valence-corrected chi connectivity index (χ3v) is 4.99. The standard InChI is InChI=1S/C16H23N3O/c1-11-8-10-19(15-6-4-3-5-13(11)15)16(20)14-7-9-17-12(2)18-14/h7,9,11,13,15H,3-6,8,10H2,1-2H3/t11-,13+,15-/m0/s1. The molecule has 108 valence electrons. The molecular weight excluding hydrogens is 250 g/mol. The highest BCUT2D eigenvalue weighted by atomic mass is 16.2. The molecule has 1 saturated heterocycles. The molecule has 1 aliphatic heterocycles. The van der Waals surface area contributed by atoms with Crippen molar-refractivity contribution in [2.45, 2.75) is 52.0 Å². The van der Waals surface area contributed by atoms with E-state index >= 15 is 0 Å². The highest BCUT2D eigenvalue weighted by Crippen LogP contribution is 2.39. The molecule has 0 aromatic carbocycles. The fourth-order valence-corrected chi connectivity index (χ4v) is 3.89. The van der Waals surface area contributed by atoms with Crippen LogP contribution in [0.2, 0.25) is 0 Å². The zero-order valence-electron chi connectivity index (χ0n) is 12.4. The van der Waals surface area contributed by atoms with Crippen LogP contribution in [-0.4, -0.2) is 33.4 Å². The lowest BCUT2D eigenvalue weighted by Gasteiger charge is -2.47. The van der Waals surface area contributed by atoms with Gasteiger partial charge >= 0.3 is 0 Å². The Balaban J connectivity index is 1.83. The number of amides is 1. The molecule has 20 heavy (non-hydrogen) atoms. The summed E-state index contributed by atoms with van der Waals surface area (Å²) in [7, 11) is 0. The van der Waals surface area contributed by atoms with E-state index in [1.165, 1.54) is 19.3 Å². The lowest BCUT2D eigenvalue weighted by atomic mass is 9.72. The number of carbonyl (C=O) groups is 1. The minimum absolute atomic E-state index is 0.0966. The van der Waals surface area contributed by atoms with Gasteiger partial charge in [-0.25, -0.2) is 9.97 Å². The van der Waals surface area contributed by atoms with E-state index in [0.29, 0.717) is 23.5 Å². The van der Waals surface area contributed by atoms with Gasteiger partial charge in [0.25, 0.3) is 5.91 Å². The second kappa shape index (κ2) is 5.51. The molecule has 0 bridgehead atoms. The number of aromatic nitrogens is 2. The van der Waals surface area contributed by atoms with Crippen molar-refractivity contribution in [3.8, 4) is 0 Å². The number of aryl methyl sites for hydroxylation is 1. The van der Waals surface area contributed by atoms with Crippen molar-refractivity contribution in [2.75, 3.05) is 6.54 Å². The topological polar surface area (TPSA) is 46.1 Å². The first kappa shape index (κ1) is 13.5. The van der Waals surface area contributed by atoms with E-state index in [9.17, 15) is 4.79 Å². The minimum Gasteiger partial charge on any atom is -0.334 e. The number of piperidine rings is 1. The number of likely N-dealkylation sites (tertiary alicyclic amines) is 1. The molecule has 4 heteroatoms. The quantitative estimate of drug-likeness (QED) is 0.790. The molecule has 1 saturated carbocycles. The number of fused-ring (bicyclic) bond motifs is 1. The van der Waals surface area contributed by atoms with E-state index in [1.54, 1.807) is 12.3 Å². The molecule has 3 atom stereocenters. The van der Waals surface area contributed by atoms with Gasteiger partial charge in [0.05, 0.1) is 0 Å². The van der Waals surface area contributed by atoms with Gasteiger partial charge in [-0.05, 0) is 44.1 Å². The summed E-state index contributed by atoms with van der Waals surface area (Å²) in [6, 6.07) is 2.17. The summed E-state index contributed by atoms with van der Waals surface area (Å²) in [5.74, 6) is 2.20. The molecule has 2 heterocycles. The highest BCUT2D eigenvalue weighted by Gasteiger charge is 2.39. The predicted molar refractivity (Wildman–Crippen MR) is 77.3 cm³/mol. The van der Waals surface area contributed by atoms with Crippen LogP contribution < -0.4 is 0 Å². The summed E-state index contributed by atoms with van der Waals surface area (Å²) in [5, 5.41) is 0. The van der Waals surface area contributed by atoms with Crippen LogP contribution in [0, 0.1) is 18.8 Å². The van der Waals surface area contributed by atoms with Gasteiger partial charge in [-0.3, -0.25) is 4.79 Å². The van der Waals surface area contributed by atoms with Crippen LogP contribution in [0.1, 0.15) is 55.3 Å². The van der Waals surface area contributed by atoms with Crippen LogP contribution in [0.25, 0.3) is 0 Å². The molecule has 3 rings (SSSR count). The Morgan fingerprint density at radius 1 is 1.30 bits per heavy atom. The maximum absolute atomic E-state index is 12.7. The Labute approximate surface area is 120 Å². The molecule has 0 spiro atoms. The van der Waals surface area contributed by atoms with Crippen molar-refractivity contribution in [2.24, 2.45) is 11.8 Å². The maximum atomic E-state index is 12.7. The summed E-state index contributed by atoms with van der Waals surface area (Å²) < 4.78 is 0. The van der Waals surface area contributed by atoms with Gasteiger partial charge in [0.1, 0.15) is 11.5 Å². The normalized spacial score (nSPS) is 29.9. The first-order valence-electron chi connectivity index (χ1n) is 7.77. The second-order valence-electron chi connectivity index (χ2n) is 6.27. The summed E-state index contributed by atoms with van der Waals surface area (Å²) in [4.78, 5) is 23.2. The van der Waals surface area contributed by atoms with Crippen molar-refractivity contribution < 1.29 is 4.79 Å². The molecule has 4 nitrogen and oxygen atoms in total. The monoisotopic (exact) mass is 273 g/mol. The molecule has 1 amide bonds. The molecule has 0 N–H and O–H groups in total. The van der Waals surface area contributed by atoms with Crippen molar-refractivity contribution in [1.29, 1.82) is 0 Å². The molecule has 2 aliphatic rings. The van der Waals surface area contributed by atoms with Gasteiger partial charge in [0.15, 0.2) is 0 Å². The van der Waals surface area contributed by atoms with E-state index in [-0.39, 0.29) is 5.91 Å². The number of nitrogens with zero attached hydrogens (tertiary/aromatic N) is 3. The number of hydrogen-bond donors (Lipinski definition) is 0. The van der Waals surface area contributed by atoms with Crippen molar-refractivity contribution >= 4 is 5.91 Å². The predicted octanol–water partition coefficient (Wildman–Crippen LogP) is 2.83. The van der Waals surface area contributed by atoms with Crippen LogP contribution in [0.3, 0.4) is 0 Å². The van der Waals surface area contributed by atoms with E-state index in [1.807, 2.05) is 6.92 Å². The van der Waals surface area contributed by atoms with Gasteiger partial charge in [0.2, 0.25) is 0 Å². The maximum Gasteiger partial charge on any atom is 0.272 e. The lowest BCUT2D eigenvalue weighted by Crippen LogP contribution is -2.52. The van der Waals surface area contributed by atoms with E-state index in [0.717, 1.165) is 25.3 Å². The van der Waals surface area contributed by atoms with Gasteiger partial charge in [-0.2, -0.15) is 0 Å². The third kappa shape index (κ3) is 2.43. The van der Waals surface area contributed by atoms with Crippen LogP contribution in [-0.2, 0) is 0 Å². The highest BCUT2D eigenvalue weighted by molar-refractivity contribution is 5.92. The van der Waals surface area contributed by atoms with Crippen LogP contribution in [0.5, 0.6) is 0 Å². The van der Waals surface area contributed by atoms with Crippen molar-refractivity contribution in [1.82, 2.24) is 14.9 Å². The van der Waals surface area contributed by atoms with Crippen LogP contribution in [0.15, 0.2) is 12.3 Å². The van der Waals surface area contributed by atoms with Crippen LogP contribution >= 0.6 is 0 Å². The zero-order chi connectivity index (χ0) is 14.1. The van der Waals surface area contributed by atoms with Gasteiger partial charge < -0.3 is 4.90 Å². The first-order chi connectivity index (χ1) is 9.66. The third-order valence-electron chi connectivity index (χ3n) is 4.99. The average Bonchev–Trinajstić information content (AvgIpc) is 2.47. The largest absolute Gasteiger partial charge is 0.334 e. The Hall–Kier alpha value is -1.45. The smallest absolute Gasteiger partial charge is 0.272 e. The molecule has 0 unspecified atom stereocenters. The SMILES string of the molecule is Cc1nccc(C(=O)N2CC[C@H](C)[C@H]3CCCC[C@@H]32)n1. The molecule has 1 aromatic heterocycles. The average molecular weight is 273 g/mol. The fraction of sp³-hybridized carbons (Fsp3) is 0.688. The Bertz CT molecular complexity index is 502. The van der Waals surface area contributed by atoms with Gasteiger partial charge in [-0.1, -0.05) is 19.8 Å². The molecule has 1 aromatic rings. The molecule has 0 radical (unpaired) electrons. The lowest BCUT2D eigenvalue weighted by molar-refractivity contribution is 0.0213. The number of hydrogen-bond acceptors (Lipinski definition) is 3. The van der Waals surface area contributed by atoms with E-state index < -0.39 is 0 Å². The van der Waals surface area contributed by atoms with Crippen LogP contribution in [0.4, 0.5) is 0 Å². The minimum atomic E-state index is 0.0966. The Morgan fingerprint density at radius 2 is 2.10 bits per heavy atom. The number of carbonyl (C=O) groups excluding carboxylic acids is 1. The van der Waals surface area contributed by atoms with Gasteiger partial charge in [-0.15, -0.1) is 0 Å². The fourth-order valence-electron chi connectivity index (χ4n) is 3.89. The Kier molecular flexibility index (Phi) is 3.72.